The van der Waals surface area contributed by atoms with Crippen molar-refractivity contribution >= 4 is 18.3 Å². The lowest BCUT2D eigenvalue weighted by atomic mass is 10.1. The first-order valence-corrected chi connectivity index (χ1v) is 3.99. The molecule has 0 rings (SSSR count). The van der Waals surface area contributed by atoms with Gasteiger partial charge in [-0.2, -0.15) is 0 Å². The summed E-state index contributed by atoms with van der Waals surface area (Å²) in [6.07, 6.45) is 2.83. The number of nitrogens with zero attached hydrogens (tertiary/aromatic N) is 1. The summed E-state index contributed by atoms with van der Waals surface area (Å²) in [5.41, 5.74) is 2.50. The molecule has 0 fully saturated rings. The third-order valence-electron chi connectivity index (χ3n) is 1.47. The van der Waals surface area contributed by atoms with E-state index < -0.39 is 0 Å². The van der Waals surface area contributed by atoms with Crippen LogP contribution in [0.5, 0.6) is 0 Å². The Labute approximate surface area is 73.5 Å². The van der Waals surface area contributed by atoms with Crippen molar-refractivity contribution in [2.75, 3.05) is 0 Å². The molecule has 0 amide bonds. The second kappa shape index (κ2) is 5.14. The van der Waals surface area contributed by atoms with Crippen LogP contribution in [0.15, 0.2) is 27.4 Å². The minimum atomic E-state index is 0.461. The topological polar surface area (TPSA) is 12.4 Å². The summed E-state index contributed by atoms with van der Waals surface area (Å²) >= 11 is 5.68. The van der Waals surface area contributed by atoms with E-state index in [1.54, 1.807) is 0 Å². The second-order valence-corrected chi connectivity index (χ2v) is 2.89. The van der Waals surface area contributed by atoms with Crippen LogP contribution in [0.1, 0.15) is 27.2 Å². The highest BCUT2D eigenvalue weighted by Gasteiger charge is 1.93. The van der Waals surface area contributed by atoms with E-state index in [9.17, 15) is 0 Å². The van der Waals surface area contributed by atoms with Crippen molar-refractivity contribution in [3.63, 3.8) is 0 Å². The molecule has 1 nitrogen and oxygen atoms in total. The molecule has 62 valence electrons. The molecule has 0 saturated carbocycles. The summed E-state index contributed by atoms with van der Waals surface area (Å²) < 4.78 is 0. The third kappa shape index (κ3) is 3.99. The van der Waals surface area contributed by atoms with Crippen molar-refractivity contribution in [1.82, 2.24) is 0 Å². The number of halogens is 1. The van der Waals surface area contributed by atoms with Crippen molar-refractivity contribution in [3.05, 3.63) is 22.4 Å². The number of hydrogen-bond donors (Lipinski definition) is 0. The highest BCUT2D eigenvalue weighted by atomic mass is 35.5. The molecular weight excluding hydrogens is 158 g/mol. The molecule has 0 aromatic carbocycles. The molecule has 0 aliphatic rings. The van der Waals surface area contributed by atoms with Crippen LogP contribution >= 0.6 is 11.6 Å². The summed E-state index contributed by atoms with van der Waals surface area (Å²) in [4.78, 5) is 3.60. The number of aliphatic imine (C=N–C) groups is 1. The summed E-state index contributed by atoms with van der Waals surface area (Å²) in [6, 6.07) is 0. The molecule has 0 radical (unpaired) electrons. The average Bonchev–Trinajstić information content (AvgIpc) is 1.99. The van der Waals surface area contributed by atoms with Crippen molar-refractivity contribution in [3.8, 4) is 0 Å². The first kappa shape index (κ1) is 10.4. The Balaban J connectivity index is 4.57. The summed E-state index contributed by atoms with van der Waals surface area (Å²) in [7, 11) is 0. The lowest BCUT2D eigenvalue weighted by molar-refractivity contribution is 1.10. The van der Waals surface area contributed by atoms with Gasteiger partial charge in [-0.05, 0) is 38.6 Å². The maximum atomic E-state index is 5.68. The van der Waals surface area contributed by atoms with Gasteiger partial charge in [0, 0.05) is 0 Å². The zero-order valence-electron chi connectivity index (χ0n) is 7.32. The lowest BCUT2D eigenvalue weighted by Crippen LogP contribution is -1.79. The maximum Gasteiger partial charge on any atom is 0.128 e. The molecule has 0 aliphatic carbocycles. The summed E-state index contributed by atoms with van der Waals surface area (Å²) in [5.74, 6) is 0. The standard InChI is InChI=1S/C9H14ClN/c1-5-8(7(2)3)6-9(10)11-4/h6H,4-5H2,1-3H3/b9-6-. The van der Waals surface area contributed by atoms with Crippen LogP contribution in [0.25, 0.3) is 0 Å². The van der Waals surface area contributed by atoms with Gasteiger partial charge in [-0.1, -0.05) is 24.1 Å². The molecule has 0 heterocycles. The van der Waals surface area contributed by atoms with E-state index in [-0.39, 0.29) is 0 Å². The van der Waals surface area contributed by atoms with Gasteiger partial charge in [0.15, 0.2) is 0 Å². The van der Waals surface area contributed by atoms with E-state index in [1.807, 2.05) is 6.08 Å². The van der Waals surface area contributed by atoms with E-state index >= 15 is 0 Å². The van der Waals surface area contributed by atoms with Gasteiger partial charge >= 0.3 is 0 Å². The zero-order chi connectivity index (χ0) is 8.85. The van der Waals surface area contributed by atoms with Crippen molar-refractivity contribution < 1.29 is 0 Å². The molecular formula is C9H14ClN. The van der Waals surface area contributed by atoms with E-state index in [0.717, 1.165) is 6.42 Å². The normalized spacial score (nSPS) is 11.1. The molecule has 11 heavy (non-hydrogen) atoms. The van der Waals surface area contributed by atoms with Gasteiger partial charge in [0.1, 0.15) is 5.16 Å². The van der Waals surface area contributed by atoms with Crippen LogP contribution in [-0.4, -0.2) is 6.72 Å². The van der Waals surface area contributed by atoms with Gasteiger partial charge in [-0.3, -0.25) is 4.99 Å². The Morgan fingerprint density at radius 2 is 2.09 bits per heavy atom. The first-order valence-electron chi connectivity index (χ1n) is 3.62. The van der Waals surface area contributed by atoms with Crippen LogP contribution in [0.3, 0.4) is 0 Å². The second-order valence-electron chi connectivity index (χ2n) is 2.50. The number of hydrogen-bond acceptors (Lipinski definition) is 1. The smallest absolute Gasteiger partial charge is 0.128 e. The quantitative estimate of drug-likeness (QED) is 0.350. The SMILES string of the molecule is C=N/C(Cl)=C\C(CC)=C(C)C. The predicted molar refractivity (Wildman–Crippen MR) is 52.2 cm³/mol. The molecule has 0 unspecified atom stereocenters. The highest BCUT2D eigenvalue weighted by Crippen LogP contribution is 2.14. The van der Waals surface area contributed by atoms with Crippen LogP contribution in [0, 0.1) is 0 Å². The Kier molecular flexibility index (Phi) is 4.88. The average molecular weight is 172 g/mol. The van der Waals surface area contributed by atoms with Crippen molar-refractivity contribution in [2.45, 2.75) is 27.2 Å². The summed E-state index contributed by atoms with van der Waals surface area (Å²) in [5, 5.41) is 0.461. The summed E-state index contributed by atoms with van der Waals surface area (Å²) in [6.45, 7) is 9.54. The Bertz CT molecular complexity index is 198. The van der Waals surface area contributed by atoms with Crippen LogP contribution in [0.2, 0.25) is 0 Å². The van der Waals surface area contributed by atoms with Crippen LogP contribution in [0.4, 0.5) is 0 Å². The third-order valence-corrected chi connectivity index (χ3v) is 1.70. The number of rotatable bonds is 3. The first-order chi connectivity index (χ1) is 5.11. The fourth-order valence-corrected chi connectivity index (χ4v) is 0.921. The van der Waals surface area contributed by atoms with Gasteiger partial charge in [0.05, 0.1) is 0 Å². The van der Waals surface area contributed by atoms with Gasteiger partial charge in [-0.15, -0.1) is 0 Å². The Morgan fingerprint density at radius 1 is 1.55 bits per heavy atom. The minimum Gasteiger partial charge on any atom is -0.252 e. The molecule has 0 aliphatic heterocycles. The van der Waals surface area contributed by atoms with E-state index in [2.05, 4.69) is 32.5 Å². The largest absolute Gasteiger partial charge is 0.252 e. The molecule has 2 heteroatoms. The van der Waals surface area contributed by atoms with E-state index in [0.29, 0.717) is 5.16 Å². The minimum absolute atomic E-state index is 0.461. The van der Waals surface area contributed by atoms with Crippen molar-refractivity contribution in [2.24, 2.45) is 4.99 Å². The maximum absolute atomic E-state index is 5.68. The lowest BCUT2D eigenvalue weighted by Gasteiger charge is -1.99. The molecule has 0 aromatic heterocycles. The molecule has 0 bridgehead atoms. The van der Waals surface area contributed by atoms with Crippen molar-refractivity contribution in [1.29, 1.82) is 0 Å². The Morgan fingerprint density at radius 3 is 2.36 bits per heavy atom. The Hall–Kier alpha value is -0.560. The monoisotopic (exact) mass is 171 g/mol. The molecule has 0 spiro atoms. The molecule has 0 aromatic rings. The predicted octanol–water partition coefficient (Wildman–Crippen LogP) is 3.51. The van der Waals surface area contributed by atoms with Gasteiger partial charge in [0.25, 0.3) is 0 Å². The zero-order valence-corrected chi connectivity index (χ0v) is 8.07. The van der Waals surface area contributed by atoms with Crippen LogP contribution in [-0.2, 0) is 0 Å². The fraction of sp³-hybridized carbons (Fsp3) is 0.444. The molecule has 0 atom stereocenters. The molecule has 0 saturated heterocycles. The van der Waals surface area contributed by atoms with E-state index in [4.69, 9.17) is 11.6 Å². The molecule has 0 N–H and O–H groups in total. The number of allylic oxidation sites excluding steroid dienone is 3. The van der Waals surface area contributed by atoms with Crippen LogP contribution < -0.4 is 0 Å². The highest BCUT2D eigenvalue weighted by molar-refractivity contribution is 6.29. The fourth-order valence-electron chi connectivity index (χ4n) is 0.789. The van der Waals surface area contributed by atoms with Gasteiger partial charge in [0.2, 0.25) is 0 Å². The van der Waals surface area contributed by atoms with E-state index in [1.165, 1.54) is 11.1 Å². The van der Waals surface area contributed by atoms with Gasteiger partial charge in [-0.25, -0.2) is 0 Å². The van der Waals surface area contributed by atoms with Gasteiger partial charge < -0.3 is 0 Å².